The van der Waals surface area contributed by atoms with Crippen molar-refractivity contribution in [3.8, 4) is 11.5 Å². The maximum atomic E-state index is 10.6. The van der Waals surface area contributed by atoms with Gasteiger partial charge in [0, 0.05) is 5.56 Å². The summed E-state index contributed by atoms with van der Waals surface area (Å²) < 4.78 is 15.4. The van der Waals surface area contributed by atoms with Crippen molar-refractivity contribution in [2.45, 2.75) is 19.6 Å². The van der Waals surface area contributed by atoms with Gasteiger partial charge in [0.05, 0.1) is 20.8 Å². The van der Waals surface area contributed by atoms with Gasteiger partial charge in [0.2, 0.25) is 0 Å². The third-order valence-corrected chi connectivity index (χ3v) is 2.32. The summed E-state index contributed by atoms with van der Waals surface area (Å²) >= 11 is 0. The average Bonchev–Trinajstić information content (AvgIpc) is 2.35. The highest BCUT2D eigenvalue weighted by atomic mass is 16.5. The van der Waals surface area contributed by atoms with Gasteiger partial charge in [0.15, 0.2) is 6.10 Å². The summed E-state index contributed by atoms with van der Waals surface area (Å²) in [5.74, 6) is 0.322. The van der Waals surface area contributed by atoms with E-state index in [0.717, 1.165) is 5.56 Å². The lowest BCUT2D eigenvalue weighted by molar-refractivity contribution is -0.149. The molecule has 1 aromatic rings. The lowest BCUT2D eigenvalue weighted by Crippen LogP contribution is -2.19. The Kier molecular flexibility index (Phi) is 4.78. The Hall–Kier alpha value is -1.75. The van der Waals surface area contributed by atoms with Crippen LogP contribution in [-0.2, 0) is 16.1 Å². The van der Waals surface area contributed by atoms with Crippen LogP contribution in [0.5, 0.6) is 11.5 Å². The summed E-state index contributed by atoms with van der Waals surface area (Å²) in [5, 5.41) is 8.71. The lowest BCUT2D eigenvalue weighted by atomic mass is 10.2. The second-order valence-corrected chi connectivity index (χ2v) is 3.47. The molecule has 1 rings (SSSR count). The number of benzene rings is 1. The molecular weight excluding hydrogens is 224 g/mol. The van der Waals surface area contributed by atoms with Gasteiger partial charge in [-0.15, -0.1) is 0 Å². The highest BCUT2D eigenvalue weighted by Gasteiger charge is 2.13. The molecule has 0 aromatic heterocycles. The van der Waals surface area contributed by atoms with Crippen LogP contribution in [0.3, 0.4) is 0 Å². The molecule has 1 atom stereocenters. The molecule has 0 heterocycles. The SMILES string of the molecule is COc1ccc(OC)c(CO[C@@H](C)C(=O)O)c1. The fourth-order valence-electron chi connectivity index (χ4n) is 1.28. The van der Waals surface area contributed by atoms with Crippen molar-refractivity contribution in [2.24, 2.45) is 0 Å². The first-order chi connectivity index (χ1) is 8.08. The number of ether oxygens (including phenoxy) is 3. The number of hydrogen-bond donors (Lipinski definition) is 1. The van der Waals surface area contributed by atoms with Crippen molar-refractivity contribution in [3.05, 3.63) is 23.8 Å². The van der Waals surface area contributed by atoms with Gasteiger partial charge >= 0.3 is 5.97 Å². The number of carbonyl (C=O) groups is 1. The number of methoxy groups -OCH3 is 2. The predicted molar refractivity (Wildman–Crippen MR) is 61.4 cm³/mol. The molecule has 0 aliphatic heterocycles. The van der Waals surface area contributed by atoms with E-state index in [1.54, 1.807) is 32.4 Å². The van der Waals surface area contributed by atoms with Crippen LogP contribution in [0.4, 0.5) is 0 Å². The van der Waals surface area contributed by atoms with Crippen molar-refractivity contribution in [2.75, 3.05) is 14.2 Å². The zero-order valence-electron chi connectivity index (χ0n) is 10.1. The number of rotatable bonds is 6. The van der Waals surface area contributed by atoms with E-state index < -0.39 is 12.1 Å². The minimum absolute atomic E-state index is 0.161. The molecule has 17 heavy (non-hydrogen) atoms. The van der Waals surface area contributed by atoms with Crippen LogP contribution in [0, 0.1) is 0 Å². The predicted octanol–water partition coefficient (Wildman–Crippen LogP) is 1.69. The molecule has 5 heteroatoms. The maximum absolute atomic E-state index is 10.6. The van der Waals surface area contributed by atoms with E-state index in [0.29, 0.717) is 11.5 Å². The van der Waals surface area contributed by atoms with Gasteiger partial charge in [-0.2, -0.15) is 0 Å². The Morgan fingerprint density at radius 1 is 1.35 bits per heavy atom. The summed E-state index contributed by atoms with van der Waals surface area (Å²) in [4.78, 5) is 10.6. The number of hydrogen-bond acceptors (Lipinski definition) is 4. The van der Waals surface area contributed by atoms with Gasteiger partial charge in [-0.25, -0.2) is 4.79 Å². The zero-order valence-corrected chi connectivity index (χ0v) is 10.1. The van der Waals surface area contributed by atoms with Crippen LogP contribution in [0.15, 0.2) is 18.2 Å². The Morgan fingerprint density at radius 3 is 2.59 bits per heavy atom. The van der Waals surface area contributed by atoms with Gasteiger partial charge in [-0.3, -0.25) is 0 Å². The summed E-state index contributed by atoms with van der Waals surface area (Å²) in [6, 6.07) is 5.28. The molecule has 0 aliphatic carbocycles. The van der Waals surface area contributed by atoms with Crippen LogP contribution in [-0.4, -0.2) is 31.4 Å². The third kappa shape index (κ3) is 3.64. The van der Waals surface area contributed by atoms with E-state index in [1.807, 2.05) is 0 Å². The standard InChI is InChI=1S/C12H16O5/c1-8(12(13)14)17-7-9-6-10(15-2)4-5-11(9)16-3/h4-6,8H,7H2,1-3H3,(H,13,14)/t8-/m0/s1. The Bertz CT molecular complexity index is 388. The van der Waals surface area contributed by atoms with Gasteiger partial charge in [0.25, 0.3) is 0 Å². The zero-order chi connectivity index (χ0) is 12.8. The molecule has 94 valence electrons. The van der Waals surface area contributed by atoms with Gasteiger partial charge in [0.1, 0.15) is 11.5 Å². The molecular formula is C12H16O5. The van der Waals surface area contributed by atoms with Crippen LogP contribution in [0.2, 0.25) is 0 Å². The largest absolute Gasteiger partial charge is 0.497 e. The van der Waals surface area contributed by atoms with E-state index in [1.165, 1.54) is 6.92 Å². The molecule has 0 saturated heterocycles. The lowest BCUT2D eigenvalue weighted by Gasteiger charge is -2.12. The highest BCUT2D eigenvalue weighted by molar-refractivity contribution is 5.71. The second kappa shape index (κ2) is 6.10. The quantitative estimate of drug-likeness (QED) is 0.819. The second-order valence-electron chi connectivity index (χ2n) is 3.47. The molecule has 0 fully saturated rings. The third-order valence-electron chi connectivity index (χ3n) is 2.32. The van der Waals surface area contributed by atoms with Crippen LogP contribution < -0.4 is 9.47 Å². The highest BCUT2D eigenvalue weighted by Crippen LogP contribution is 2.24. The minimum atomic E-state index is -0.994. The summed E-state index contributed by atoms with van der Waals surface area (Å²) in [7, 11) is 3.11. The maximum Gasteiger partial charge on any atom is 0.332 e. The number of carboxylic acid groups (broad SMARTS) is 1. The smallest absolute Gasteiger partial charge is 0.332 e. The normalized spacial score (nSPS) is 11.9. The average molecular weight is 240 g/mol. The first-order valence-electron chi connectivity index (χ1n) is 5.13. The minimum Gasteiger partial charge on any atom is -0.497 e. The molecule has 1 aromatic carbocycles. The molecule has 5 nitrogen and oxygen atoms in total. The first kappa shape index (κ1) is 13.3. The van der Waals surface area contributed by atoms with Crippen molar-refractivity contribution in [3.63, 3.8) is 0 Å². The summed E-state index contributed by atoms with van der Waals surface area (Å²) in [5.41, 5.74) is 0.750. The van der Waals surface area contributed by atoms with Crippen LogP contribution >= 0.6 is 0 Å². The molecule has 1 N–H and O–H groups in total. The summed E-state index contributed by atoms with van der Waals surface area (Å²) in [6.45, 7) is 1.64. The fourth-order valence-corrected chi connectivity index (χ4v) is 1.28. The Labute approximate surface area is 99.9 Å². The fraction of sp³-hybridized carbons (Fsp3) is 0.417. The van der Waals surface area contributed by atoms with E-state index in [-0.39, 0.29) is 6.61 Å². The molecule has 0 aliphatic rings. The number of carboxylic acids is 1. The van der Waals surface area contributed by atoms with Crippen molar-refractivity contribution < 1.29 is 24.1 Å². The Balaban J connectivity index is 2.77. The van der Waals surface area contributed by atoms with Crippen molar-refractivity contribution in [1.82, 2.24) is 0 Å². The van der Waals surface area contributed by atoms with E-state index >= 15 is 0 Å². The molecule has 0 unspecified atom stereocenters. The van der Waals surface area contributed by atoms with E-state index in [2.05, 4.69) is 0 Å². The van der Waals surface area contributed by atoms with E-state index in [9.17, 15) is 4.79 Å². The van der Waals surface area contributed by atoms with E-state index in [4.69, 9.17) is 19.3 Å². The number of aliphatic carboxylic acids is 1. The first-order valence-corrected chi connectivity index (χ1v) is 5.13. The molecule has 0 saturated carbocycles. The molecule has 0 amide bonds. The van der Waals surface area contributed by atoms with Gasteiger partial charge in [-0.1, -0.05) is 0 Å². The monoisotopic (exact) mass is 240 g/mol. The molecule has 0 spiro atoms. The van der Waals surface area contributed by atoms with Crippen molar-refractivity contribution in [1.29, 1.82) is 0 Å². The van der Waals surface area contributed by atoms with Gasteiger partial charge in [-0.05, 0) is 25.1 Å². The summed E-state index contributed by atoms with van der Waals surface area (Å²) in [6.07, 6.45) is -0.856. The van der Waals surface area contributed by atoms with Crippen LogP contribution in [0.1, 0.15) is 12.5 Å². The molecule has 0 bridgehead atoms. The van der Waals surface area contributed by atoms with Crippen LogP contribution in [0.25, 0.3) is 0 Å². The topological polar surface area (TPSA) is 65.0 Å². The van der Waals surface area contributed by atoms with Crippen molar-refractivity contribution >= 4 is 5.97 Å². The Morgan fingerprint density at radius 2 is 2.06 bits per heavy atom. The van der Waals surface area contributed by atoms with Gasteiger partial charge < -0.3 is 19.3 Å². The molecule has 0 radical (unpaired) electrons.